The summed E-state index contributed by atoms with van der Waals surface area (Å²) in [7, 11) is 0. The number of aryl methyl sites for hydroxylation is 1. The van der Waals surface area contributed by atoms with Gasteiger partial charge < -0.3 is 5.32 Å². The topological polar surface area (TPSA) is 46.4 Å². The van der Waals surface area contributed by atoms with Gasteiger partial charge in [-0.25, -0.2) is 4.98 Å². The van der Waals surface area contributed by atoms with Gasteiger partial charge >= 0.3 is 0 Å². The molecule has 1 saturated carbocycles. The molecule has 0 spiro atoms. The fourth-order valence-corrected chi connectivity index (χ4v) is 4.27. The van der Waals surface area contributed by atoms with Gasteiger partial charge in [0.25, 0.3) is 5.91 Å². The Labute approximate surface area is 167 Å². The van der Waals surface area contributed by atoms with Crippen molar-refractivity contribution in [3.63, 3.8) is 0 Å². The molecule has 2 heterocycles. The maximum absolute atomic E-state index is 13.1. The van der Waals surface area contributed by atoms with Crippen LogP contribution in [-0.2, 0) is 6.42 Å². The smallest absolute Gasteiger partial charge is 0.270 e. The van der Waals surface area contributed by atoms with Gasteiger partial charge in [0.1, 0.15) is 11.3 Å². The first-order chi connectivity index (χ1) is 13.2. The van der Waals surface area contributed by atoms with Crippen molar-refractivity contribution < 1.29 is 4.79 Å². The Kier molecular flexibility index (Phi) is 7.57. The van der Waals surface area contributed by atoms with Gasteiger partial charge in [0.15, 0.2) is 0 Å². The molecule has 0 radical (unpaired) electrons. The molecule has 0 unspecified atom stereocenters. The third-order valence-corrected chi connectivity index (χ3v) is 5.89. The number of carbonyl (C=O) groups is 1. The van der Waals surface area contributed by atoms with Gasteiger partial charge in [0.2, 0.25) is 0 Å². The molecule has 2 aromatic heterocycles. The number of fused-ring (bicyclic) bond motifs is 1. The summed E-state index contributed by atoms with van der Waals surface area (Å²) in [6, 6.07) is 3.88. The first kappa shape index (κ1) is 20.2. The molecular formula is C22H32ClN3O. The molecule has 5 heteroatoms. The zero-order valence-corrected chi connectivity index (χ0v) is 17.2. The van der Waals surface area contributed by atoms with E-state index in [0.29, 0.717) is 10.7 Å². The lowest BCUT2D eigenvalue weighted by Gasteiger charge is -2.20. The average molecular weight is 390 g/mol. The second-order valence-electron chi connectivity index (χ2n) is 7.76. The molecule has 0 aliphatic heterocycles. The lowest BCUT2D eigenvalue weighted by atomic mass is 9.98. The maximum Gasteiger partial charge on any atom is 0.270 e. The van der Waals surface area contributed by atoms with Crippen LogP contribution in [-0.4, -0.2) is 21.3 Å². The Morgan fingerprint density at radius 1 is 1.11 bits per heavy atom. The normalized spacial score (nSPS) is 18.0. The number of nitrogens with zero attached hydrogens (tertiary/aromatic N) is 2. The number of carbonyl (C=O) groups excluding carboxylic acids is 1. The van der Waals surface area contributed by atoms with E-state index in [9.17, 15) is 4.79 Å². The molecule has 4 nitrogen and oxygen atoms in total. The molecule has 27 heavy (non-hydrogen) atoms. The van der Waals surface area contributed by atoms with E-state index in [0.717, 1.165) is 30.6 Å². The second-order valence-corrected chi connectivity index (χ2v) is 8.20. The van der Waals surface area contributed by atoms with Gasteiger partial charge in [0, 0.05) is 23.3 Å². The maximum atomic E-state index is 13.1. The molecule has 0 saturated heterocycles. The first-order valence-corrected chi connectivity index (χ1v) is 11.0. The van der Waals surface area contributed by atoms with Crippen LogP contribution in [0.15, 0.2) is 18.3 Å². The lowest BCUT2D eigenvalue weighted by Crippen LogP contribution is -2.36. The first-order valence-electron chi connectivity index (χ1n) is 10.7. The molecule has 2 aromatic rings. The summed E-state index contributed by atoms with van der Waals surface area (Å²) in [6.07, 6.45) is 16.5. The number of aromatic nitrogens is 2. The van der Waals surface area contributed by atoms with E-state index in [4.69, 9.17) is 11.6 Å². The third kappa shape index (κ3) is 5.47. The van der Waals surface area contributed by atoms with Crippen LogP contribution in [0.1, 0.15) is 93.7 Å². The number of rotatable bonds is 3. The van der Waals surface area contributed by atoms with Gasteiger partial charge in [0.05, 0.1) is 5.69 Å². The fourth-order valence-electron chi connectivity index (χ4n) is 4.12. The van der Waals surface area contributed by atoms with Crippen LogP contribution >= 0.6 is 11.6 Å². The number of hydrogen-bond acceptors (Lipinski definition) is 2. The van der Waals surface area contributed by atoms with Crippen LogP contribution in [0.3, 0.4) is 0 Å². The minimum absolute atomic E-state index is 0.00114. The van der Waals surface area contributed by atoms with Crippen molar-refractivity contribution in [2.75, 3.05) is 0 Å². The summed E-state index contributed by atoms with van der Waals surface area (Å²) >= 11 is 6.09. The van der Waals surface area contributed by atoms with Crippen molar-refractivity contribution in [3.05, 3.63) is 34.7 Å². The monoisotopic (exact) mass is 389 g/mol. The molecular weight excluding hydrogens is 358 g/mol. The van der Waals surface area contributed by atoms with Gasteiger partial charge in [-0.2, -0.15) is 0 Å². The summed E-state index contributed by atoms with van der Waals surface area (Å²) in [4.78, 5) is 17.7. The highest BCUT2D eigenvalue weighted by Gasteiger charge is 2.21. The minimum atomic E-state index is -0.00114. The molecule has 0 bridgehead atoms. The highest BCUT2D eigenvalue weighted by atomic mass is 35.5. The Morgan fingerprint density at radius 3 is 2.30 bits per heavy atom. The fraction of sp³-hybridized carbons (Fsp3) is 0.636. The summed E-state index contributed by atoms with van der Waals surface area (Å²) in [6.45, 7) is 2.04. The van der Waals surface area contributed by atoms with Crippen molar-refractivity contribution in [2.45, 2.75) is 90.0 Å². The predicted molar refractivity (Wildman–Crippen MR) is 112 cm³/mol. The zero-order chi connectivity index (χ0) is 19.1. The molecule has 3 rings (SSSR count). The SMILES string of the molecule is CCc1nc2cc(Cl)ccn2c1C(=O)NC1CCCCCCCCCCC1. The van der Waals surface area contributed by atoms with Gasteiger partial charge in [-0.05, 0) is 25.3 Å². The molecule has 0 aromatic carbocycles. The van der Waals surface area contributed by atoms with Crippen LogP contribution < -0.4 is 5.32 Å². The van der Waals surface area contributed by atoms with E-state index in [1.54, 1.807) is 0 Å². The molecule has 0 atom stereocenters. The van der Waals surface area contributed by atoms with E-state index in [1.165, 1.54) is 57.8 Å². The molecule has 1 aliphatic carbocycles. The Morgan fingerprint density at radius 2 is 1.70 bits per heavy atom. The number of nitrogens with one attached hydrogen (secondary N) is 1. The highest BCUT2D eigenvalue weighted by Crippen LogP contribution is 2.20. The largest absolute Gasteiger partial charge is 0.348 e. The van der Waals surface area contributed by atoms with Gasteiger partial charge in [-0.3, -0.25) is 9.20 Å². The highest BCUT2D eigenvalue weighted by molar-refractivity contribution is 6.30. The van der Waals surface area contributed by atoms with Crippen molar-refractivity contribution in [1.29, 1.82) is 0 Å². The van der Waals surface area contributed by atoms with Crippen LogP contribution in [0.5, 0.6) is 0 Å². The molecule has 1 N–H and O–H groups in total. The molecule has 1 aliphatic rings. The van der Waals surface area contributed by atoms with Crippen LogP contribution in [0.25, 0.3) is 5.65 Å². The Bertz CT molecular complexity index is 743. The van der Waals surface area contributed by atoms with Gasteiger partial charge in [-0.1, -0.05) is 76.3 Å². The summed E-state index contributed by atoms with van der Waals surface area (Å²) in [5, 5.41) is 3.96. The van der Waals surface area contributed by atoms with Crippen molar-refractivity contribution in [3.8, 4) is 0 Å². The summed E-state index contributed by atoms with van der Waals surface area (Å²) in [5.41, 5.74) is 2.24. The van der Waals surface area contributed by atoms with Crippen molar-refractivity contribution in [2.24, 2.45) is 0 Å². The zero-order valence-electron chi connectivity index (χ0n) is 16.5. The van der Waals surface area contributed by atoms with E-state index in [-0.39, 0.29) is 11.9 Å². The number of amides is 1. The van der Waals surface area contributed by atoms with E-state index in [2.05, 4.69) is 10.3 Å². The van der Waals surface area contributed by atoms with Gasteiger partial charge in [-0.15, -0.1) is 0 Å². The minimum Gasteiger partial charge on any atom is -0.348 e. The summed E-state index contributed by atoms with van der Waals surface area (Å²) < 4.78 is 1.87. The average Bonchev–Trinajstić information content (AvgIpc) is 3.01. The number of halogens is 1. The standard InChI is InChI=1S/C22H32ClN3O/c1-2-19-21(26-15-14-17(23)16-20(26)25-19)22(27)24-18-12-10-8-6-4-3-5-7-9-11-13-18/h14-16,18H,2-13H2,1H3,(H,24,27). The van der Waals surface area contributed by atoms with Crippen LogP contribution in [0.4, 0.5) is 0 Å². The molecule has 148 valence electrons. The number of imidazole rings is 1. The predicted octanol–water partition coefficient (Wildman–Crippen LogP) is 5.95. The van der Waals surface area contributed by atoms with E-state index >= 15 is 0 Å². The quantitative estimate of drug-likeness (QED) is 0.704. The third-order valence-electron chi connectivity index (χ3n) is 5.65. The second kappa shape index (κ2) is 10.1. The number of pyridine rings is 1. The summed E-state index contributed by atoms with van der Waals surface area (Å²) in [5.74, 6) is -0.00114. The molecule has 1 fully saturated rings. The number of hydrogen-bond donors (Lipinski definition) is 1. The van der Waals surface area contributed by atoms with Crippen molar-refractivity contribution >= 4 is 23.2 Å². The van der Waals surface area contributed by atoms with Crippen LogP contribution in [0.2, 0.25) is 5.02 Å². The Hall–Kier alpha value is -1.55. The van der Waals surface area contributed by atoms with E-state index in [1.807, 2.05) is 29.7 Å². The van der Waals surface area contributed by atoms with Crippen LogP contribution in [0, 0.1) is 0 Å². The molecule has 1 amide bonds. The Balaban J connectivity index is 1.73. The lowest BCUT2D eigenvalue weighted by molar-refractivity contribution is 0.0924. The van der Waals surface area contributed by atoms with E-state index < -0.39 is 0 Å². The van der Waals surface area contributed by atoms with Crippen molar-refractivity contribution in [1.82, 2.24) is 14.7 Å².